The number of epoxide rings is 1. The summed E-state index contributed by atoms with van der Waals surface area (Å²) in [5, 5.41) is 0. The van der Waals surface area contributed by atoms with Crippen molar-refractivity contribution in [3.8, 4) is 0 Å². The second kappa shape index (κ2) is 5.15. The van der Waals surface area contributed by atoms with Crippen molar-refractivity contribution in [3.05, 3.63) is 11.6 Å². The van der Waals surface area contributed by atoms with E-state index in [4.69, 9.17) is 4.74 Å². The topological polar surface area (TPSA) is 12.5 Å². The lowest BCUT2D eigenvalue weighted by Crippen LogP contribution is -2.26. The maximum absolute atomic E-state index is 5.40. The van der Waals surface area contributed by atoms with Gasteiger partial charge in [-0.25, -0.2) is 0 Å². The minimum absolute atomic E-state index is 0.427. The molecule has 0 saturated carbocycles. The molecule has 0 aromatic heterocycles. The SMILES string of the molecule is CC(C)=CCC1(CC2CO2)SCCCS1. The summed E-state index contributed by atoms with van der Waals surface area (Å²) in [4.78, 5) is 0. The van der Waals surface area contributed by atoms with Gasteiger partial charge in [-0.2, -0.15) is 0 Å². The molecule has 2 fully saturated rings. The Balaban J connectivity index is 1.95. The van der Waals surface area contributed by atoms with E-state index in [2.05, 4.69) is 43.4 Å². The van der Waals surface area contributed by atoms with Crippen LogP contribution < -0.4 is 0 Å². The second-order valence-corrected chi connectivity index (χ2v) is 7.82. The summed E-state index contributed by atoms with van der Waals surface area (Å²) < 4.78 is 5.82. The minimum atomic E-state index is 0.427. The van der Waals surface area contributed by atoms with Gasteiger partial charge in [0, 0.05) is 0 Å². The van der Waals surface area contributed by atoms with Crippen molar-refractivity contribution in [2.45, 2.75) is 43.3 Å². The average Bonchev–Trinajstić information content (AvgIpc) is 3.00. The van der Waals surface area contributed by atoms with Gasteiger partial charge in [-0.15, -0.1) is 23.5 Å². The molecular weight excluding hydrogens is 224 g/mol. The Bertz CT molecular complexity index is 236. The van der Waals surface area contributed by atoms with Gasteiger partial charge in [0.15, 0.2) is 0 Å². The fraction of sp³-hybridized carbons (Fsp3) is 0.833. The van der Waals surface area contributed by atoms with Crippen LogP contribution in [0.4, 0.5) is 0 Å². The van der Waals surface area contributed by atoms with Crippen LogP contribution in [-0.2, 0) is 4.74 Å². The van der Waals surface area contributed by atoms with E-state index in [-0.39, 0.29) is 0 Å². The Morgan fingerprint density at radius 3 is 2.60 bits per heavy atom. The molecule has 0 aliphatic carbocycles. The van der Waals surface area contributed by atoms with Crippen molar-refractivity contribution >= 4 is 23.5 Å². The van der Waals surface area contributed by atoms with Crippen molar-refractivity contribution in [3.63, 3.8) is 0 Å². The summed E-state index contributed by atoms with van der Waals surface area (Å²) in [5.74, 6) is 2.66. The maximum Gasteiger partial charge on any atom is 0.0831 e. The fourth-order valence-corrected chi connectivity index (χ4v) is 5.18. The molecule has 1 atom stereocenters. The van der Waals surface area contributed by atoms with Crippen molar-refractivity contribution in [2.24, 2.45) is 0 Å². The van der Waals surface area contributed by atoms with Crippen LogP contribution in [0.15, 0.2) is 11.6 Å². The van der Waals surface area contributed by atoms with Crippen LogP contribution in [-0.4, -0.2) is 28.3 Å². The van der Waals surface area contributed by atoms with Crippen LogP contribution in [0.2, 0.25) is 0 Å². The average molecular weight is 244 g/mol. The lowest BCUT2D eigenvalue weighted by atomic mass is 10.1. The molecule has 0 aromatic rings. The van der Waals surface area contributed by atoms with E-state index in [0.717, 1.165) is 6.61 Å². The Morgan fingerprint density at radius 2 is 2.07 bits per heavy atom. The summed E-state index contributed by atoms with van der Waals surface area (Å²) in [6.45, 7) is 5.39. The lowest BCUT2D eigenvalue weighted by molar-refractivity contribution is 0.390. The van der Waals surface area contributed by atoms with E-state index >= 15 is 0 Å². The molecular formula is C12H20OS2. The predicted octanol–water partition coefficient (Wildman–Crippen LogP) is 3.70. The summed E-state index contributed by atoms with van der Waals surface area (Å²) in [7, 11) is 0. The van der Waals surface area contributed by atoms with Crippen LogP contribution in [0.5, 0.6) is 0 Å². The van der Waals surface area contributed by atoms with Gasteiger partial charge in [0.25, 0.3) is 0 Å². The van der Waals surface area contributed by atoms with Crippen LogP contribution in [0.1, 0.15) is 33.1 Å². The highest BCUT2D eigenvalue weighted by atomic mass is 32.2. The first kappa shape index (κ1) is 11.9. The minimum Gasteiger partial charge on any atom is -0.373 e. The third-order valence-corrected chi connectivity index (χ3v) is 6.19. The number of ether oxygens (including phenoxy) is 1. The summed E-state index contributed by atoms with van der Waals surface area (Å²) in [6, 6.07) is 0. The van der Waals surface area contributed by atoms with Crippen molar-refractivity contribution in [2.75, 3.05) is 18.1 Å². The standard InChI is InChI=1S/C12H20OS2/c1-10(2)4-5-12(8-11-9-13-11)14-6-3-7-15-12/h4,11H,3,5-9H2,1-2H3. The third kappa shape index (κ3) is 3.72. The van der Waals surface area contributed by atoms with Crippen LogP contribution in [0.3, 0.4) is 0 Å². The number of rotatable bonds is 4. The van der Waals surface area contributed by atoms with E-state index in [1.807, 2.05) is 0 Å². The number of thioether (sulfide) groups is 2. The largest absolute Gasteiger partial charge is 0.373 e. The highest BCUT2D eigenvalue weighted by Gasteiger charge is 2.39. The first-order chi connectivity index (χ1) is 7.20. The molecule has 1 unspecified atom stereocenters. The van der Waals surface area contributed by atoms with Gasteiger partial charge in [-0.05, 0) is 44.6 Å². The van der Waals surface area contributed by atoms with Crippen LogP contribution >= 0.6 is 23.5 Å². The van der Waals surface area contributed by atoms with Gasteiger partial charge in [0.1, 0.15) is 0 Å². The van der Waals surface area contributed by atoms with Gasteiger partial charge in [-0.3, -0.25) is 0 Å². The van der Waals surface area contributed by atoms with Gasteiger partial charge < -0.3 is 4.74 Å². The molecule has 2 heterocycles. The van der Waals surface area contributed by atoms with Gasteiger partial charge in [0.05, 0.1) is 16.8 Å². The number of allylic oxidation sites excluding steroid dienone is 2. The first-order valence-corrected chi connectivity index (χ1v) is 7.70. The lowest BCUT2D eigenvalue weighted by Gasteiger charge is -2.35. The number of hydrogen-bond donors (Lipinski definition) is 0. The molecule has 0 aromatic carbocycles. The highest BCUT2D eigenvalue weighted by molar-refractivity contribution is 8.18. The Morgan fingerprint density at radius 1 is 1.40 bits per heavy atom. The number of hydrogen-bond acceptors (Lipinski definition) is 3. The van der Waals surface area contributed by atoms with E-state index in [1.165, 1.54) is 36.3 Å². The van der Waals surface area contributed by atoms with E-state index < -0.39 is 0 Å². The summed E-state index contributed by atoms with van der Waals surface area (Å²) >= 11 is 4.32. The molecule has 86 valence electrons. The van der Waals surface area contributed by atoms with Gasteiger partial charge >= 0.3 is 0 Å². The highest BCUT2D eigenvalue weighted by Crippen LogP contribution is 2.49. The molecule has 0 amide bonds. The maximum atomic E-state index is 5.40. The van der Waals surface area contributed by atoms with Gasteiger partial charge in [0.2, 0.25) is 0 Å². The molecule has 3 heteroatoms. The van der Waals surface area contributed by atoms with Crippen molar-refractivity contribution < 1.29 is 4.74 Å². The van der Waals surface area contributed by atoms with E-state index in [1.54, 1.807) is 0 Å². The van der Waals surface area contributed by atoms with Crippen molar-refractivity contribution in [1.29, 1.82) is 0 Å². The Kier molecular flexibility index (Phi) is 4.08. The molecule has 2 saturated heterocycles. The molecule has 0 radical (unpaired) electrons. The predicted molar refractivity (Wildman–Crippen MR) is 70.7 cm³/mol. The van der Waals surface area contributed by atoms with E-state index in [0.29, 0.717) is 10.2 Å². The Labute approximate surface area is 101 Å². The molecule has 2 aliphatic heterocycles. The van der Waals surface area contributed by atoms with Crippen molar-refractivity contribution in [1.82, 2.24) is 0 Å². The zero-order valence-corrected chi connectivity index (χ0v) is 11.3. The first-order valence-electron chi connectivity index (χ1n) is 5.73. The monoisotopic (exact) mass is 244 g/mol. The zero-order valence-electron chi connectivity index (χ0n) is 9.62. The molecule has 15 heavy (non-hydrogen) atoms. The summed E-state index contributed by atoms with van der Waals surface area (Å²) in [6.07, 6.45) is 6.79. The van der Waals surface area contributed by atoms with E-state index in [9.17, 15) is 0 Å². The quantitative estimate of drug-likeness (QED) is 0.553. The molecule has 1 nitrogen and oxygen atoms in total. The molecule has 0 spiro atoms. The summed E-state index contributed by atoms with van der Waals surface area (Å²) in [5.41, 5.74) is 1.44. The molecule has 2 aliphatic rings. The molecule has 2 rings (SSSR count). The normalized spacial score (nSPS) is 28.5. The zero-order chi connectivity index (χ0) is 10.7. The smallest absolute Gasteiger partial charge is 0.0831 e. The fourth-order valence-electron chi connectivity index (χ4n) is 1.83. The second-order valence-electron chi connectivity index (χ2n) is 4.61. The van der Waals surface area contributed by atoms with Crippen LogP contribution in [0, 0.1) is 0 Å². The Hall–Kier alpha value is 0.400. The van der Waals surface area contributed by atoms with Crippen LogP contribution in [0.25, 0.3) is 0 Å². The molecule has 0 bridgehead atoms. The van der Waals surface area contributed by atoms with Gasteiger partial charge in [-0.1, -0.05) is 11.6 Å². The molecule has 0 N–H and O–H groups in total. The third-order valence-electron chi connectivity index (χ3n) is 2.78.